The van der Waals surface area contributed by atoms with Crippen molar-refractivity contribution in [3.63, 3.8) is 0 Å². The Morgan fingerprint density at radius 1 is 1.10 bits per heavy atom. The zero-order valence-electron chi connectivity index (χ0n) is 13.3. The zero-order valence-corrected chi connectivity index (χ0v) is 13.3. The number of methoxy groups -OCH3 is 2. The molecular formula is C16H31NO3. The summed E-state index contributed by atoms with van der Waals surface area (Å²) >= 11 is 0. The maximum absolute atomic E-state index is 10.3. The Morgan fingerprint density at radius 2 is 1.75 bits per heavy atom. The van der Waals surface area contributed by atoms with Gasteiger partial charge in [0.15, 0.2) is 0 Å². The van der Waals surface area contributed by atoms with E-state index in [0.29, 0.717) is 5.92 Å². The number of ether oxygens (including phenoxy) is 2. The fraction of sp³-hybridized carbons (Fsp3) is 1.00. The Morgan fingerprint density at radius 3 is 2.30 bits per heavy atom. The molecule has 4 nitrogen and oxygen atoms in total. The van der Waals surface area contributed by atoms with Gasteiger partial charge in [0, 0.05) is 33.9 Å². The quantitative estimate of drug-likeness (QED) is 0.809. The molecule has 5 unspecified atom stereocenters. The molecule has 0 aromatic heterocycles. The van der Waals surface area contributed by atoms with E-state index in [-0.39, 0.29) is 18.3 Å². The van der Waals surface area contributed by atoms with Crippen LogP contribution in [0.2, 0.25) is 0 Å². The highest BCUT2D eigenvalue weighted by molar-refractivity contribution is 4.89. The lowest BCUT2D eigenvalue weighted by molar-refractivity contribution is -0.00461. The molecule has 0 aromatic rings. The number of aliphatic hydroxyl groups is 1. The summed E-state index contributed by atoms with van der Waals surface area (Å²) in [6.45, 7) is 5.10. The van der Waals surface area contributed by atoms with Crippen LogP contribution in [0.4, 0.5) is 0 Å². The first-order valence-electron chi connectivity index (χ1n) is 8.13. The van der Waals surface area contributed by atoms with Gasteiger partial charge in [0.25, 0.3) is 0 Å². The third-order valence-corrected chi connectivity index (χ3v) is 5.14. The minimum absolute atomic E-state index is 0.120. The molecule has 1 saturated carbocycles. The fourth-order valence-electron chi connectivity index (χ4n) is 3.96. The predicted molar refractivity (Wildman–Crippen MR) is 79.8 cm³/mol. The first-order valence-corrected chi connectivity index (χ1v) is 8.13. The van der Waals surface area contributed by atoms with E-state index in [0.717, 1.165) is 32.0 Å². The topological polar surface area (TPSA) is 41.9 Å². The maximum Gasteiger partial charge on any atom is 0.0971 e. The van der Waals surface area contributed by atoms with Gasteiger partial charge < -0.3 is 14.6 Å². The van der Waals surface area contributed by atoms with E-state index >= 15 is 0 Å². The molecular weight excluding hydrogens is 254 g/mol. The Kier molecular flexibility index (Phi) is 6.27. The Balaban J connectivity index is 1.85. The summed E-state index contributed by atoms with van der Waals surface area (Å²) < 4.78 is 11.0. The number of hydrogen-bond donors (Lipinski definition) is 1. The van der Waals surface area contributed by atoms with Crippen molar-refractivity contribution in [1.29, 1.82) is 0 Å². The van der Waals surface area contributed by atoms with E-state index in [1.165, 1.54) is 25.7 Å². The summed E-state index contributed by atoms with van der Waals surface area (Å²) in [5, 5.41) is 10.3. The highest BCUT2D eigenvalue weighted by atomic mass is 16.5. The second-order valence-electron chi connectivity index (χ2n) is 6.56. The lowest BCUT2D eigenvalue weighted by atomic mass is 9.77. The van der Waals surface area contributed by atoms with Crippen LogP contribution in [0.1, 0.15) is 39.0 Å². The van der Waals surface area contributed by atoms with Gasteiger partial charge in [-0.1, -0.05) is 19.8 Å². The molecule has 5 atom stereocenters. The van der Waals surface area contributed by atoms with Crippen molar-refractivity contribution in [3.05, 3.63) is 0 Å². The van der Waals surface area contributed by atoms with Crippen LogP contribution in [0.25, 0.3) is 0 Å². The van der Waals surface area contributed by atoms with Gasteiger partial charge in [-0.25, -0.2) is 0 Å². The van der Waals surface area contributed by atoms with E-state index in [2.05, 4.69) is 11.8 Å². The highest BCUT2D eigenvalue weighted by Crippen LogP contribution is 2.33. The van der Waals surface area contributed by atoms with Crippen LogP contribution in [0.15, 0.2) is 0 Å². The van der Waals surface area contributed by atoms with Crippen molar-refractivity contribution in [1.82, 2.24) is 4.90 Å². The van der Waals surface area contributed by atoms with Crippen molar-refractivity contribution < 1.29 is 14.6 Å². The van der Waals surface area contributed by atoms with Gasteiger partial charge in [-0.05, 0) is 31.1 Å². The van der Waals surface area contributed by atoms with Crippen LogP contribution in [0.5, 0.6) is 0 Å². The second-order valence-corrected chi connectivity index (χ2v) is 6.56. The summed E-state index contributed by atoms with van der Waals surface area (Å²) in [5.74, 6) is 1.24. The summed E-state index contributed by atoms with van der Waals surface area (Å²) in [5.41, 5.74) is 0. The summed E-state index contributed by atoms with van der Waals surface area (Å²) in [4.78, 5) is 2.41. The molecule has 0 amide bonds. The smallest absolute Gasteiger partial charge is 0.0971 e. The largest absolute Gasteiger partial charge is 0.393 e. The molecule has 2 aliphatic rings. The fourth-order valence-corrected chi connectivity index (χ4v) is 3.96. The van der Waals surface area contributed by atoms with Gasteiger partial charge in [-0.2, -0.15) is 0 Å². The van der Waals surface area contributed by atoms with Crippen molar-refractivity contribution in [3.8, 4) is 0 Å². The molecule has 0 aromatic carbocycles. The molecule has 0 radical (unpaired) electrons. The first kappa shape index (κ1) is 16.2. The number of nitrogens with zero attached hydrogens (tertiary/aromatic N) is 1. The molecule has 2 fully saturated rings. The minimum atomic E-state index is -0.120. The van der Waals surface area contributed by atoms with Crippen LogP contribution < -0.4 is 0 Å². The Bertz CT molecular complexity index is 275. The molecule has 2 rings (SSSR count). The Hall–Kier alpha value is -0.160. The van der Waals surface area contributed by atoms with Crippen LogP contribution in [0.3, 0.4) is 0 Å². The molecule has 1 heterocycles. The molecule has 1 aliphatic carbocycles. The van der Waals surface area contributed by atoms with Gasteiger partial charge in [-0.15, -0.1) is 0 Å². The summed E-state index contributed by atoms with van der Waals surface area (Å²) in [7, 11) is 3.51. The minimum Gasteiger partial charge on any atom is -0.393 e. The molecule has 118 valence electrons. The normalized spacial score (nSPS) is 39.3. The average Bonchev–Trinajstić information content (AvgIpc) is 2.85. The average molecular weight is 285 g/mol. The number of aliphatic hydroxyl groups excluding tert-OH is 1. The van der Waals surface area contributed by atoms with Gasteiger partial charge in [-0.3, -0.25) is 4.90 Å². The van der Waals surface area contributed by atoms with Crippen LogP contribution in [-0.2, 0) is 9.47 Å². The number of likely N-dealkylation sites (tertiary alicyclic amines) is 1. The SMILES string of the molecule is CCCC1CCC(O)C(CN2CC(OC)C(OC)C2)C1. The van der Waals surface area contributed by atoms with E-state index < -0.39 is 0 Å². The molecule has 1 aliphatic heterocycles. The van der Waals surface area contributed by atoms with Gasteiger partial charge in [0.05, 0.1) is 18.3 Å². The lowest BCUT2D eigenvalue weighted by Gasteiger charge is -2.35. The van der Waals surface area contributed by atoms with Crippen molar-refractivity contribution in [2.24, 2.45) is 11.8 Å². The molecule has 20 heavy (non-hydrogen) atoms. The Labute approximate surface area is 123 Å². The predicted octanol–water partition coefficient (Wildman–Crippen LogP) is 1.91. The lowest BCUT2D eigenvalue weighted by Crippen LogP contribution is -2.38. The van der Waals surface area contributed by atoms with E-state index in [9.17, 15) is 5.11 Å². The second kappa shape index (κ2) is 7.74. The monoisotopic (exact) mass is 285 g/mol. The van der Waals surface area contributed by atoms with Crippen molar-refractivity contribution in [2.45, 2.75) is 57.3 Å². The maximum atomic E-state index is 10.3. The standard InChI is InChI=1S/C16H31NO3/c1-4-5-12-6-7-14(18)13(8-12)9-17-10-15(19-2)16(11-17)20-3/h12-16,18H,4-11H2,1-3H3. The molecule has 4 heteroatoms. The van der Waals surface area contributed by atoms with Gasteiger partial charge in [0.2, 0.25) is 0 Å². The van der Waals surface area contributed by atoms with E-state index in [1.54, 1.807) is 14.2 Å². The summed E-state index contributed by atoms with van der Waals surface area (Å²) in [6, 6.07) is 0. The number of rotatable bonds is 6. The highest BCUT2D eigenvalue weighted by Gasteiger charge is 2.36. The van der Waals surface area contributed by atoms with Gasteiger partial charge in [0.1, 0.15) is 0 Å². The summed E-state index contributed by atoms with van der Waals surface area (Å²) in [6.07, 6.45) is 6.16. The zero-order chi connectivity index (χ0) is 14.5. The third-order valence-electron chi connectivity index (χ3n) is 5.14. The van der Waals surface area contributed by atoms with Crippen molar-refractivity contribution in [2.75, 3.05) is 33.9 Å². The van der Waals surface area contributed by atoms with Crippen LogP contribution in [-0.4, -0.2) is 62.2 Å². The number of hydrogen-bond acceptors (Lipinski definition) is 4. The first-order chi connectivity index (χ1) is 9.67. The van der Waals surface area contributed by atoms with Gasteiger partial charge >= 0.3 is 0 Å². The van der Waals surface area contributed by atoms with Crippen LogP contribution >= 0.6 is 0 Å². The third kappa shape index (κ3) is 3.94. The molecule has 0 bridgehead atoms. The molecule has 0 spiro atoms. The molecule has 1 N–H and O–H groups in total. The van der Waals surface area contributed by atoms with E-state index in [1.807, 2.05) is 0 Å². The van der Waals surface area contributed by atoms with Crippen LogP contribution in [0, 0.1) is 11.8 Å². The molecule has 1 saturated heterocycles. The van der Waals surface area contributed by atoms with E-state index in [4.69, 9.17) is 9.47 Å². The van der Waals surface area contributed by atoms with Crippen molar-refractivity contribution >= 4 is 0 Å².